The van der Waals surface area contributed by atoms with Gasteiger partial charge in [0.2, 0.25) is 5.91 Å². The number of carbonyl (C=O) groups is 1. The summed E-state index contributed by atoms with van der Waals surface area (Å²) in [6.07, 6.45) is 0. The molecule has 86 valence electrons. The van der Waals surface area contributed by atoms with Crippen molar-refractivity contribution in [3.63, 3.8) is 0 Å². The Morgan fingerprint density at radius 1 is 1.62 bits per heavy atom. The van der Waals surface area contributed by atoms with E-state index < -0.39 is 0 Å². The first-order valence-corrected chi connectivity index (χ1v) is 5.46. The zero-order valence-electron chi connectivity index (χ0n) is 8.90. The lowest BCUT2D eigenvalue weighted by Crippen LogP contribution is -2.44. The first kappa shape index (κ1) is 11.2. The average molecular weight is 241 g/mol. The summed E-state index contributed by atoms with van der Waals surface area (Å²) >= 11 is 5.87. The summed E-state index contributed by atoms with van der Waals surface area (Å²) in [4.78, 5) is 13.4. The molecule has 4 nitrogen and oxygen atoms in total. The van der Waals surface area contributed by atoms with E-state index in [-0.39, 0.29) is 25.1 Å². The number of halogens is 1. The number of aliphatic hydroxyl groups excluding tert-OH is 1. The van der Waals surface area contributed by atoms with E-state index in [2.05, 4.69) is 5.32 Å². The van der Waals surface area contributed by atoms with Gasteiger partial charge >= 0.3 is 0 Å². The van der Waals surface area contributed by atoms with Gasteiger partial charge in [0.15, 0.2) is 0 Å². The van der Waals surface area contributed by atoms with Crippen LogP contribution in [0.4, 0.5) is 11.4 Å². The standard InChI is InChI=1S/C11H13ClN2O2/c1-7(6-15)14-5-11(16)13-9-4-8(12)2-3-10(9)14/h2-4,7,15H,5-6H2,1H3,(H,13,16). The molecule has 2 rings (SSSR count). The molecule has 1 unspecified atom stereocenters. The lowest BCUT2D eigenvalue weighted by atomic mass is 10.1. The molecule has 0 fully saturated rings. The molecule has 1 aliphatic rings. The normalized spacial score (nSPS) is 16.7. The molecule has 2 N–H and O–H groups in total. The molecule has 1 atom stereocenters. The molecular formula is C11H13ClN2O2. The molecule has 0 saturated heterocycles. The second-order valence-electron chi connectivity index (χ2n) is 3.87. The molecule has 1 aromatic rings. The zero-order chi connectivity index (χ0) is 11.7. The van der Waals surface area contributed by atoms with E-state index >= 15 is 0 Å². The largest absolute Gasteiger partial charge is 0.394 e. The van der Waals surface area contributed by atoms with Gasteiger partial charge in [-0.15, -0.1) is 0 Å². The third-order valence-corrected chi connectivity index (χ3v) is 2.89. The summed E-state index contributed by atoms with van der Waals surface area (Å²) in [5.41, 5.74) is 1.59. The van der Waals surface area contributed by atoms with Crippen molar-refractivity contribution in [2.75, 3.05) is 23.4 Å². The highest BCUT2D eigenvalue weighted by molar-refractivity contribution is 6.31. The minimum absolute atomic E-state index is 0.00927. The molecule has 0 saturated carbocycles. The summed E-state index contributed by atoms with van der Waals surface area (Å²) < 4.78 is 0. The van der Waals surface area contributed by atoms with Crippen LogP contribution in [0.15, 0.2) is 18.2 Å². The van der Waals surface area contributed by atoms with E-state index in [9.17, 15) is 4.79 Å². The molecule has 0 aliphatic carbocycles. The summed E-state index contributed by atoms with van der Waals surface area (Å²) in [6, 6.07) is 5.24. The van der Waals surface area contributed by atoms with E-state index in [1.807, 2.05) is 17.9 Å². The smallest absolute Gasteiger partial charge is 0.243 e. The molecule has 5 heteroatoms. The van der Waals surface area contributed by atoms with Crippen LogP contribution in [0.1, 0.15) is 6.92 Å². The number of rotatable bonds is 2. The number of hydrogen-bond acceptors (Lipinski definition) is 3. The van der Waals surface area contributed by atoms with Gasteiger partial charge in [-0.05, 0) is 25.1 Å². The molecule has 1 amide bonds. The summed E-state index contributed by atoms with van der Waals surface area (Å²) in [6.45, 7) is 2.14. The van der Waals surface area contributed by atoms with Crippen molar-refractivity contribution in [2.45, 2.75) is 13.0 Å². The predicted octanol–water partition coefficient (Wildman–Crippen LogP) is 1.48. The summed E-state index contributed by atoms with van der Waals surface area (Å²) in [5, 5.41) is 12.5. The Morgan fingerprint density at radius 2 is 2.38 bits per heavy atom. The highest BCUT2D eigenvalue weighted by atomic mass is 35.5. The van der Waals surface area contributed by atoms with Crippen molar-refractivity contribution in [3.8, 4) is 0 Å². The lowest BCUT2D eigenvalue weighted by molar-refractivity contribution is -0.115. The fraction of sp³-hybridized carbons (Fsp3) is 0.364. The predicted molar refractivity (Wildman–Crippen MR) is 64.0 cm³/mol. The van der Waals surface area contributed by atoms with Gasteiger partial charge in [0.1, 0.15) is 0 Å². The summed E-state index contributed by atoms with van der Waals surface area (Å²) in [7, 11) is 0. The van der Waals surface area contributed by atoms with E-state index in [1.165, 1.54) is 0 Å². The minimum atomic E-state index is -0.0917. The molecule has 1 heterocycles. The van der Waals surface area contributed by atoms with Crippen LogP contribution in [-0.4, -0.2) is 30.2 Å². The highest BCUT2D eigenvalue weighted by Gasteiger charge is 2.25. The Morgan fingerprint density at radius 3 is 3.06 bits per heavy atom. The van der Waals surface area contributed by atoms with Gasteiger partial charge in [0.05, 0.1) is 24.5 Å². The van der Waals surface area contributed by atoms with Crippen LogP contribution >= 0.6 is 11.6 Å². The Kier molecular flexibility index (Phi) is 3.03. The van der Waals surface area contributed by atoms with Gasteiger partial charge in [-0.2, -0.15) is 0 Å². The second-order valence-corrected chi connectivity index (χ2v) is 4.31. The Labute approximate surface area is 98.8 Å². The maximum Gasteiger partial charge on any atom is 0.243 e. The SMILES string of the molecule is CC(CO)N1CC(=O)Nc2cc(Cl)ccc21. The van der Waals surface area contributed by atoms with Crippen molar-refractivity contribution < 1.29 is 9.90 Å². The van der Waals surface area contributed by atoms with E-state index in [0.29, 0.717) is 10.7 Å². The Hall–Kier alpha value is -1.26. The monoisotopic (exact) mass is 240 g/mol. The van der Waals surface area contributed by atoms with Crippen LogP contribution in [0.25, 0.3) is 0 Å². The molecule has 0 spiro atoms. The quantitative estimate of drug-likeness (QED) is 0.823. The van der Waals surface area contributed by atoms with Crippen molar-refractivity contribution in [2.24, 2.45) is 0 Å². The van der Waals surface area contributed by atoms with Crippen LogP contribution in [0.2, 0.25) is 5.02 Å². The molecule has 0 radical (unpaired) electrons. The van der Waals surface area contributed by atoms with Gasteiger partial charge in [-0.1, -0.05) is 11.6 Å². The van der Waals surface area contributed by atoms with Crippen molar-refractivity contribution in [3.05, 3.63) is 23.2 Å². The van der Waals surface area contributed by atoms with Crippen LogP contribution in [0.3, 0.4) is 0 Å². The fourth-order valence-electron chi connectivity index (χ4n) is 1.78. The molecule has 16 heavy (non-hydrogen) atoms. The number of anilines is 2. The number of amides is 1. The number of nitrogens with zero attached hydrogens (tertiary/aromatic N) is 1. The molecular weight excluding hydrogens is 228 g/mol. The van der Waals surface area contributed by atoms with Gasteiger partial charge in [-0.3, -0.25) is 4.79 Å². The fourth-order valence-corrected chi connectivity index (χ4v) is 1.95. The molecule has 1 aromatic carbocycles. The van der Waals surface area contributed by atoms with E-state index in [1.54, 1.807) is 12.1 Å². The first-order valence-electron chi connectivity index (χ1n) is 5.08. The molecule has 0 bridgehead atoms. The minimum Gasteiger partial charge on any atom is -0.394 e. The maximum atomic E-state index is 11.5. The van der Waals surface area contributed by atoms with Crippen LogP contribution in [0.5, 0.6) is 0 Å². The van der Waals surface area contributed by atoms with Gasteiger partial charge in [0.25, 0.3) is 0 Å². The number of benzene rings is 1. The number of hydrogen-bond donors (Lipinski definition) is 2. The Balaban J connectivity index is 2.41. The summed E-state index contributed by atoms with van der Waals surface area (Å²) in [5.74, 6) is -0.0879. The zero-order valence-corrected chi connectivity index (χ0v) is 9.66. The number of nitrogens with one attached hydrogen (secondary N) is 1. The van der Waals surface area contributed by atoms with Crippen molar-refractivity contribution in [1.29, 1.82) is 0 Å². The van der Waals surface area contributed by atoms with Crippen molar-refractivity contribution >= 4 is 28.9 Å². The highest BCUT2D eigenvalue weighted by Crippen LogP contribution is 2.32. The second kappa shape index (κ2) is 4.31. The van der Waals surface area contributed by atoms with E-state index in [4.69, 9.17) is 16.7 Å². The topological polar surface area (TPSA) is 52.6 Å². The number of aliphatic hydroxyl groups is 1. The number of carbonyl (C=O) groups excluding carboxylic acids is 1. The van der Waals surface area contributed by atoms with Gasteiger partial charge in [-0.25, -0.2) is 0 Å². The van der Waals surface area contributed by atoms with Gasteiger partial charge < -0.3 is 15.3 Å². The number of fused-ring (bicyclic) bond motifs is 1. The van der Waals surface area contributed by atoms with Crippen LogP contribution < -0.4 is 10.2 Å². The van der Waals surface area contributed by atoms with Crippen LogP contribution in [-0.2, 0) is 4.79 Å². The van der Waals surface area contributed by atoms with E-state index in [0.717, 1.165) is 5.69 Å². The maximum absolute atomic E-state index is 11.5. The van der Waals surface area contributed by atoms with Gasteiger partial charge in [0, 0.05) is 11.1 Å². The first-order chi connectivity index (χ1) is 7.61. The average Bonchev–Trinajstić information content (AvgIpc) is 2.26. The third kappa shape index (κ3) is 1.99. The Bertz CT molecular complexity index is 422. The third-order valence-electron chi connectivity index (χ3n) is 2.65. The molecule has 0 aromatic heterocycles. The van der Waals surface area contributed by atoms with Crippen LogP contribution in [0, 0.1) is 0 Å². The molecule has 1 aliphatic heterocycles. The lowest BCUT2D eigenvalue weighted by Gasteiger charge is -2.34. The van der Waals surface area contributed by atoms with Crippen molar-refractivity contribution in [1.82, 2.24) is 0 Å².